The molecule has 1 aliphatic heterocycles. The second-order valence-electron chi connectivity index (χ2n) is 5.85. The van der Waals surface area contributed by atoms with Crippen LogP contribution in [0.5, 0.6) is 0 Å². The van der Waals surface area contributed by atoms with Gasteiger partial charge in [-0.05, 0) is 0 Å². The second kappa shape index (κ2) is 4.49. The average Bonchev–Trinajstić information content (AvgIpc) is 2.11. The van der Waals surface area contributed by atoms with Gasteiger partial charge in [-0.15, -0.1) is 0 Å². The van der Waals surface area contributed by atoms with E-state index in [0.717, 1.165) is 12.8 Å². The first kappa shape index (κ1) is 12.5. The van der Waals surface area contributed by atoms with E-state index in [-0.39, 0.29) is 0 Å². The molecule has 0 spiro atoms. The number of quaternary nitrogens is 2. The molecule has 0 amide bonds. The Morgan fingerprint density at radius 3 is 2.13 bits per heavy atom. The quantitative estimate of drug-likeness (QED) is 0.332. The first-order valence-corrected chi connectivity index (χ1v) is 5.85. The number of likely N-dealkylation sites (N-methyl/N-ethyl adjacent to an activating group) is 2. The van der Waals surface area contributed by atoms with Gasteiger partial charge in [0.2, 0.25) is 5.84 Å². The summed E-state index contributed by atoms with van der Waals surface area (Å²) in [5, 5.41) is 5.48. The van der Waals surface area contributed by atoms with E-state index < -0.39 is 0 Å². The molecule has 1 aliphatic rings. The molecule has 1 heterocycles. The SMILES string of the molecule is C[N+]1(C)CC[N+](C)(CCCC(N)=[NH2+])CC1. The minimum absolute atomic E-state index is 0.578. The van der Waals surface area contributed by atoms with E-state index in [9.17, 15) is 0 Å². The van der Waals surface area contributed by atoms with Gasteiger partial charge in [0.05, 0.1) is 34.1 Å². The molecule has 1 saturated heterocycles. The van der Waals surface area contributed by atoms with Crippen LogP contribution in [-0.2, 0) is 0 Å². The van der Waals surface area contributed by atoms with Gasteiger partial charge in [-0.2, -0.15) is 0 Å². The Labute approximate surface area is 93.3 Å². The molecule has 1 rings (SSSR count). The van der Waals surface area contributed by atoms with Gasteiger partial charge in [-0.3, -0.25) is 11.1 Å². The Morgan fingerprint density at radius 2 is 1.67 bits per heavy atom. The molecule has 15 heavy (non-hydrogen) atoms. The normalized spacial score (nSPS) is 23.7. The minimum atomic E-state index is 0.578. The van der Waals surface area contributed by atoms with Crippen molar-refractivity contribution in [2.75, 3.05) is 53.9 Å². The molecule has 0 atom stereocenters. The summed E-state index contributed by atoms with van der Waals surface area (Å²) in [4.78, 5) is 0. The van der Waals surface area contributed by atoms with E-state index in [0.29, 0.717) is 5.84 Å². The number of hydrogen-bond donors (Lipinski definition) is 2. The molecule has 0 unspecified atom stereocenters. The fourth-order valence-corrected chi connectivity index (χ4v) is 2.14. The Morgan fingerprint density at radius 1 is 1.13 bits per heavy atom. The topological polar surface area (TPSA) is 51.6 Å². The Bertz CT molecular complexity index is 225. The van der Waals surface area contributed by atoms with Crippen molar-refractivity contribution < 1.29 is 14.4 Å². The highest BCUT2D eigenvalue weighted by molar-refractivity contribution is 5.73. The Balaban J connectivity index is 2.32. The molecule has 0 saturated carbocycles. The summed E-state index contributed by atoms with van der Waals surface area (Å²) in [5.41, 5.74) is 5.48. The number of hydrogen-bond acceptors (Lipinski definition) is 0. The van der Waals surface area contributed by atoms with Crippen molar-refractivity contribution in [3.63, 3.8) is 0 Å². The monoisotopic (exact) mass is 215 g/mol. The zero-order chi connectivity index (χ0) is 11.5. The van der Waals surface area contributed by atoms with Crippen LogP contribution in [0.3, 0.4) is 0 Å². The smallest absolute Gasteiger partial charge is 0.238 e. The second-order valence-corrected chi connectivity index (χ2v) is 5.85. The van der Waals surface area contributed by atoms with Gasteiger partial charge in [0.1, 0.15) is 26.2 Å². The third kappa shape index (κ3) is 4.18. The lowest BCUT2D eigenvalue weighted by Gasteiger charge is -2.44. The largest absolute Gasteiger partial charge is 0.319 e. The van der Waals surface area contributed by atoms with Crippen molar-refractivity contribution in [3.8, 4) is 0 Å². The molecule has 0 aromatic rings. The molecular formula is C11H27N4+3. The molecule has 1 fully saturated rings. The van der Waals surface area contributed by atoms with E-state index in [1.54, 1.807) is 0 Å². The molecule has 0 bridgehead atoms. The summed E-state index contributed by atoms with van der Waals surface area (Å²) >= 11 is 0. The molecule has 4 heteroatoms. The highest BCUT2D eigenvalue weighted by atomic mass is 15.4. The summed E-state index contributed by atoms with van der Waals surface area (Å²) in [7, 11) is 6.98. The fraction of sp³-hybridized carbons (Fsp3) is 0.909. The molecule has 0 aromatic heterocycles. The molecule has 4 nitrogen and oxygen atoms in total. The number of piperazine rings is 1. The summed E-state index contributed by atoms with van der Waals surface area (Å²) in [6.07, 6.45) is 1.98. The maximum atomic E-state index is 5.48. The van der Waals surface area contributed by atoms with E-state index >= 15 is 0 Å². The van der Waals surface area contributed by atoms with Gasteiger partial charge in [0.25, 0.3) is 0 Å². The van der Waals surface area contributed by atoms with Crippen molar-refractivity contribution in [2.24, 2.45) is 5.73 Å². The Hall–Kier alpha value is -0.610. The van der Waals surface area contributed by atoms with Crippen LogP contribution in [0.1, 0.15) is 12.8 Å². The van der Waals surface area contributed by atoms with Crippen LogP contribution in [0.2, 0.25) is 0 Å². The maximum absolute atomic E-state index is 5.48. The van der Waals surface area contributed by atoms with Crippen molar-refractivity contribution in [2.45, 2.75) is 12.8 Å². The van der Waals surface area contributed by atoms with Crippen LogP contribution in [0.25, 0.3) is 0 Å². The summed E-state index contributed by atoms with van der Waals surface area (Å²) in [6, 6.07) is 0. The van der Waals surface area contributed by atoms with Crippen LogP contribution in [0, 0.1) is 0 Å². The molecule has 0 aliphatic carbocycles. The van der Waals surface area contributed by atoms with Crippen molar-refractivity contribution in [1.29, 1.82) is 0 Å². The molecule has 0 aromatic carbocycles. The number of rotatable bonds is 4. The maximum Gasteiger partial charge on any atom is 0.238 e. The van der Waals surface area contributed by atoms with Crippen LogP contribution in [0.15, 0.2) is 0 Å². The lowest BCUT2D eigenvalue weighted by atomic mass is 10.2. The predicted molar refractivity (Wildman–Crippen MR) is 63.0 cm³/mol. The van der Waals surface area contributed by atoms with Gasteiger partial charge in [-0.25, -0.2) is 0 Å². The molecular weight excluding hydrogens is 188 g/mol. The number of amidine groups is 1. The van der Waals surface area contributed by atoms with Gasteiger partial charge in [0, 0.05) is 6.42 Å². The summed E-state index contributed by atoms with van der Waals surface area (Å²) in [5.74, 6) is 0.578. The predicted octanol–water partition coefficient (Wildman–Crippen LogP) is -1.58. The third-order valence-corrected chi connectivity index (χ3v) is 3.65. The van der Waals surface area contributed by atoms with E-state index in [1.165, 1.54) is 41.7 Å². The highest BCUT2D eigenvalue weighted by Gasteiger charge is 2.33. The molecule has 0 radical (unpaired) electrons. The van der Waals surface area contributed by atoms with E-state index in [4.69, 9.17) is 11.1 Å². The first-order valence-electron chi connectivity index (χ1n) is 5.85. The summed E-state index contributed by atoms with van der Waals surface area (Å²) < 4.78 is 2.36. The molecule has 88 valence electrons. The fourth-order valence-electron chi connectivity index (χ4n) is 2.14. The number of nitrogens with two attached hydrogens (primary N) is 2. The van der Waals surface area contributed by atoms with Gasteiger partial charge in [-0.1, -0.05) is 0 Å². The third-order valence-electron chi connectivity index (χ3n) is 3.65. The van der Waals surface area contributed by atoms with Crippen LogP contribution in [0.4, 0.5) is 0 Å². The lowest BCUT2D eigenvalue weighted by Crippen LogP contribution is -2.62. The van der Waals surface area contributed by atoms with E-state index in [2.05, 4.69) is 21.1 Å². The van der Waals surface area contributed by atoms with Crippen molar-refractivity contribution in [3.05, 3.63) is 0 Å². The summed E-state index contributed by atoms with van der Waals surface area (Å²) in [6.45, 7) is 6.31. The van der Waals surface area contributed by atoms with Crippen LogP contribution < -0.4 is 11.1 Å². The first-order chi connectivity index (χ1) is 6.83. The lowest BCUT2D eigenvalue weighted by molar-refractivity contribution is -1.01. The van der Waals surface area contributed by atoms with Gasteiger partial charge >= 0.3 is 0 Å². The standard InChI is InChI=1S/C11H26N4/c1-14(2)7-9-15(3,10-8-14)6-4-5-11(12)13/h4-10H2,1-3H3,(H3,12,13)/q+2/p+1. The van der Waals surface area contributed by atoms with Crippen LogP contribution in [-0.4, -0.2) is 68.7 Å². The minimum Gasteiger partial charge on any atom is -0.319 e. The van der Waals surface area contributed by atoms with Crippen molar-refractivity contribution in [1.82, 2.24) is 0 Å². The van der Waals surface area contributed by atoms with Gasteiger partial charge in [0.15, 0.2) is 0 Å². The van der Waals surface area contributed by atoms with Crippen LogP contribution >= 0.6 is 0 Å². The highest BCUT2D eigenvalue weighted by Crippen LogP contribution is 2.14. The zero-order valence-electron chi connectivity index (χ0n) is 10.5. The Kier molecular flexibility index (Phi) is 3.73. The van der Waals surface area contributed by atoms with Gasteiger partial charge < -0.3 is 8.97 Å². The zero-order valence-corrected chi connectivity index (χ0v) is 10.5. The number of nitrogens with zero attached hydrogens (tertiary/aromatic N) is 2. The van der Waals surface area contributed by atoms with Crippen molar-refractivity contribution >= 4 is 5.84 Å². The average molecular weight is 215 g/mol. The molecule has 4 N–H and O–H groups in total. The van der Waals surface area contributed by atoms with E-state index in [1.807, 2.05) is 0 Å².